The molecule has 0 aliphatic heterocycles. The second kappa shape index (κ2) is 8.42. The van der Waals surface area contributed by atoms with Gasteiger partial charge in [-0.25, -0.2) is 8.42 Å². The van der Waals surface area contributed by atoms with E-state index in [1.807, 2.05) is 13.8 Å². The maximum atomic E-state index is 12.8. The number of halogens is 1. The Morgan fingerprint density at radius 3 is 2.58 bits per heavy atom. The van der Waals surface area contributed by atoms with Crippen LogP contribution in [0.25, 0.3) is 0 Å². The molecule has 0 fully saturated rings. The number of carbonyl (C=O) groups excluding carboxylic acids is 1. The van der Waals surface area contributed by atoms with E-state index in [0.717, 1.165) is 6.42 Å². The standard InChI is InChI=1S/C18H21ClN2O4S/c1-4-12(2)20-18(22)14-7-5-6-8-15(14)21-26(23,24)17-11-13(19)9-10-16(17)25-3/h5-12,21H,4H2,1-3H3,(H,20,22)/t12-/m0/s1. The molecule has 0 unspecified atom stereocenters. The predicted molar refractivity (Wildman–Crippen MR) is 102 cm³/mol. The van der Waals surface area contributed by atoms with E-state index in [4.69, 9.17) is 16.3 Å². The van der Waals surface area contributed by atoms with Crippen LogP contribution in [-0.2, 0) is 10.0 Å². The molecule has 0 aliphatic carbocycles. The summed E-state index contributed by atoms with van der Waals surface area (Å²) in [6.07, 6.45) is 0.763. The normalized spacial score (nSPS) is 12.3. The minimum atomic E-state index is -4.01. The zero-order valence-electron chi connectivity index (χ0n) is 14.7. The largest absolute Gasteiger partial charge is 0.495 e. The lowest BCUT2D eigenvalue weighted by Gasteiger charge is -2.16. The predicted octanol–water partition coefficient (Wildman–Crippen LogP) is 3.68. The van der Waals surface area contributed by atoms with E-state index in [1.165, 1.54) is 31.4 Å². The van der Waals surface area contributed by atoms with Crippen molar-refractivity contribution in [1.29, 1.82) is 0 Å². The summed E-state index contributed by atoms with van der Waals surface area (Å²) in [5.41, 5.74) is 0.410. The molecular weight excluding hydrogens is 376 g/mol. The Labute approximate surface area is 158 Å². The third-order valence-corrected chi connectivity index (χ3v) is 5.44. The van der Waals surface area contributed by atoms with Crippen LogP contribution in [-0.4, -0.2) is 27.5 Å². The highest BCUT2D eigenvalue weighted by atomic mass is 35.5. The first kappa shape index (κ1) is 20.1. The number of para-hydroxylation sites is 1. The van der Waals surface area contributed by atoms with Crippen molar-refractivity contribution in [3.05, 3.63) is 53.1 Å². The molecule has 2 N–H and O–H groups in total. The van der Waals surface area contributed by atoms with E-state index in [-0.39, 0.29) is 38.9 Å². The van der Waals surface area contributed by atoms with Crippen molar-refractivity contribution in [2.75, 3.05) is 11.8 Å². The molecular formula is C18H21ClN2O4S. The van der Waals surface area contributed by atoms with Crippen molar-refractivity contribution in [2.24, 2.45) is 0 Å². The molecule has 0 aromatic heterocycles. The first-order valence-electron chi connectivity index (χ1n) is 8.04. The fraction of sp³-hybridized carbons (Fsp3) is 0.278. The summed E-state index contributed by atoms with van der Waals surface area (Å²) >= 11 is 5.93. The van der Waals surface area contributed by atoms with Crippen LogP contribution in [0.3, 0.4) is 0 Å². The highest BCUT2D eigenvalue weighted by molar-refractivity contribution is 7.92. The lowest BCUT2D eigenvalue weighted by atomic mass is 10.1. The summed E-state index contributed by atoms with van der Waals surface area (Å²) in [5.74, 6) is -0.195. The molecule has 0 bridgehead atoms. The van der Waals surface area contributed by atoms with Crippen molar-refractivity contribution in [3.8, 4) is 5.75 Å². The fourth-order valence-corrected chi connectivity index (χ4v) is 3.75. The van der Waals surface area contributed by atoms with Gasteiger partial charge in [-0.1, -0.05) is 30.7 Å². The van der Waals surface area contributed by atoms with Gasteiger partial charge in [0.1, 0.15) is 10.6 Å². The number of carbonyl (C=O) groups is 1. The van der Waals surface area contributed by atoms with E-state index in [9.17, 15) is 13.2 Å². The molecule has 26 heavy (non-hydrogen) atoms. The summed E-state index contributed by atoms with van der Waals surface area (Å²) in [5, 5.41) is 3.08. The van der Waals surface area contributed by atoms with Crippen molar-refractivity contribution in [1.82, 2.24) is 5.32 Å². The number of benzene rings is 2. The van der Waals surface area contributed by atoms with Crippen LogP contribution in [0.2, 0.25) is 5.02 Å². The third-order valence-electron chi connectivity index (χ3n) is 3.82. The Morgan fingerprint density at radius 1 is 1.23 bits per heavy atom. The fourth-order valence-electron chi connectivity index (χ4n) is 2.23. The molecule has 0 radical (unpaired) electrons. The van der Waals surface area contributed by atoms with E-state index in [2.05, 4.69) is 10.0 Å². The molecule has 0 aliphatic rings. The van der Waals surface area contributed by atoms with Crippen molar-refractivity contribution >= 4 is 33.2 Å². The van der Waals surface area contributed by atoms with Gasteiger partial charge in [0.15, 0.2) is 0 Å². The zero-order chi connectivity index (χ0) is 19.3. The van der Waals surface area contributed by atoms with E-state index >= 15 is 0 Å². The van der Waals surface area contributed by atoms with Crippen LogP contribution >= 0.6 is 11.6 Å². The van der Waals surface area contributed by atoms with Crippen LogP contribution in [0.1, 0.15) is 30.6 Å². The maximum Gasteiger partial charge on any atom is 0.265 e. The second-order valence-electron chi connectivity index (χ2n) is 5.73. The van der Waals surface area contributed by atoms with Gasteiger partial charge in [0.25, 0.3) is 15.9 Å². The second-order valence-corrected chi connectivity index (χ2v) is 7.82. The third kappa shape index (κ3) is 4.68. The van der Waals surface area contributed by atoms with Crippen LogP contribution in [0, 0.1) is 0 Å². The van der Waals surface area contributed by atoms with Gasteiger partial charge in [0.2, 0.25) is 0 Å². The number of rotatable bonds is 7. The number of ether oxygens (including phenoxy) is 1. The molecule has 2 aromatic carbocycles. The van der Waals surface area contributed by atoms with Gasteiger partial charge in [-0.2, -0.15) is 0 Å². The van der Waals surface area contributed by atoms with E-state index < -0.39 is 10.0 Å². The average Bonchev–Trinajstić information content (AvgIpc) is 2.61. The van der Waals surface area contributed by atoms with Gasteiger partial charge in [-0.15, -0.1) is 0 Å². The van der Waals surface area contributed by atoms with Gasteiger partial charge in [0.05, 0.1) is 18.4 Å². The lowest BCUT2D eigenvalue weighted by molar-refractivity contribution is 0.0940. The zero-order valence-corrected chi connectivity index (χ0v) is 16.3. The van der Waals surface area contributed by atoms with Crippen LogP contribution in [0.4, 0.5) is 5.69 Å². The van der Waals surface area contributed by atoms with Crippen molar-refractivity contribution < 1.29 is 17.9 Å². The van der Waals surface area contributed by atoms with Crippen molar-refractivity contribution in [3.63, 3.8) is 0 Å². The number of amides is 1. The van der Waals surface area contributed by atoms with Gasteiger partial charge >= 0.3 is 0 Å². The number of sulfonamides is 1. The number of hydrogen-bond donors (Lipinski definition) is 2. The van der Waals surface area contributed by atoms with Crippen LogP contribution in [0.5, 0.6) is 5.75 Å². The van der Waals surface area contributed by atoms with Crippen LogP contribution in [0.15, 0.2) is 47.4 Å². The summed E-state index contributed by atoms with van der Waals surface area (Å²) in [6.45, 7) is 3.83. The van der Waals surface area contributed by atoms with Gasteiger partial charge < -0.3 is 10.1 Å². The topological polar surface area (TPSA) is 84.5 Å². The summed E-state index contributed by atoms with van der Waals surface area (Å²) in [4.78, 5) is 12.3. The van der Waals surface area contributed by atoms with Gasteiger partial charge in [-0.05, 0) is 43.7 Å². The average molecular weight is 397 g/mol. The Bertz CT molecular complexity index is 900. The number of nitrogens with one attached hydrogen (secondary N) is 2. The minimum absolute atomic E-state index is 0.0276. The molecule has 0 saturated heterocycles. The Balaban J connectivity index is 2.40. The van der Waals surface area contributed by atoms with Gasteiger partial charge in [0, 0.05) is 11.1 Å². The minimum Gasteiger partial charge on any atom is -0.495 e. The molecule has 2 rings (SSSR count). The van der Waals surface area contributed by atoms with Gasteiger partial charge in [-0.3, -0.25) is 9.52 Å². The highest BCUT2D eigenvalue weighted by Crippen LogP contribution is 2.29. The quantitative estimate of drug-likeness (QED) is 0.747. The molecule has 140 valence electrons. The van der Waals surface area contributed by atoms with Crippen molar-refractivity contribution in [2.45, 2.75) is 31.2 Å². The number of anilines is 1. The molecule has 2 aromatic rings. The number of methoxy groups -OCH3 is 1. The lowest BCUT2D eigenvalue weighted by Crippen LogP contribution is -2.32. The first-order chi connectivity index (χ1) is 12.3. The van der Waals surface area contributed by atoms with E-state index in [1.54, 1.807) is 18.2 Å². The maximum absolute atomic E-state index is 12.8. The SMILES string of the molecule is CC[C@H](C)NC(=O)c1ccccc1NS(=O)(=O)c1cc(Cl)ccc1OC. The molecule has 0 saturated carbocycles. The first-order valence-corrected chi connectivity index (χ1v) is 9.90. The molecule has 0 spiro atoms. The van der Waals surface area contributed by atoms with E-state index in [0.29, 0.717) is 0 Å². The Hall–Kier alpha value is -2.25. The molecule has 1 amide bonds. The molecule has 1 atom stereocenters. The van der Waals surface area contributed by atoms with Crippen LogP contribution < -0.4 is 14.8 Å². The highest BCUT2D eigenvalue weighted by Gasteiger charge is 2.23. The molecule has 8 heteroatoms. The number of hydrogen-bond acceptors (Lipinski definition) is 4. The summed E-state index contributed by atoms with van der Waals surface area (Å²) in [6, 6.07) is 10.7. The Kier molecular flexibility index (Phi) is 6.50. The summed E-state index contributed by atoms with van der Waals surface area (Å²) in [7, 11) is -2.64. The Morgan fingerprint density at radius 2 is 1.92 bits per heavy atom. The molecule has 6 nitrogen and oxygen atoms in total. The molecule has 0 heterocycles. The smallest absolute Gasteiger partial charge is 0.265 e. The monoisotopic (exact) mass is 396 g/mol. The summed E-state index contributed by atoms with van der Waals surface area (Å²) < 4.78 is 33.2.